The van der Waals surface area contributed by atoms with Gasteiger partial charge in [-0.25, -0.2) is 0 Å². The number of hydrogen-bond acceptors (Lipinski definition) is 3. The van der Waals surface area contributed by atoms with Gasteiger partial charge in [0.1, 0.15) is 11.8 Å². The molecule has 0 bridgehead atoms. The molecule has 5 nitrogen and oxygen atoms in total. The van der Waals surface area contributed by atoms with Crippen LogP contribution in [0.15, 0.2) is 47.1 Å². The highest BCUT2D eigenvalue weighted by atomic mass is 16.5. The summed E-state index contributed by atoms with van der Waals surface area (Å²) in [4.78, 5) is 12.3. The molecule has 3 N–H and O–H groups in total. The Morgan fingerprint density at radius 2 is 2.00 bits per heavy atom. The second-order valence-corrected chi connectivity index (χ2v) is 4.97. The molecule has 0 unspecified atom stereocenters. The van der Waals surface area contributed by atoms with E-state index in [4.69, 9.17) is 9.15 Å². The molecule has 2 aromatic rings. The number of benzene rings is 1. The maximum atomic E-state index is 12.3. The molecule has 21 heavy (non-hydrogen) atoms. The summed E-state index contributed by atoms with van der Waals surface area (Å²) in [5, 5.41) is 4.85. The van der Waals surface area contributed by atoms with Gasteiger partial charge < -0.3 is 19.8 Å². The molecule has 0 radical (unpaired) electrons. The van der Waals surface area contributed by atoms with Crippen molar-refractivity contribution in [3.63, 3.8) is 0 Å². The molecule has 0 aliphatic rings. The number of nitrogens with one attached hydrogen (secondary N) is 1. The second-order valence-electron chi connectivity index (χ2n) is 4.97. The van der Waals surface area contributed by atoms with Gasteiger partial charge in [0.15, 0.2) is 11.8 Å². The van der Waals surface area contributed by atoms with Crippen molar-refractivity contribution in [2.75, 3.05) is 12.4 Å². The van der Waals surface area contributed by atoms with E-state index < -0.39 is 0 Å². The lowest BCUT2D eigenvalue weighted by atomic mass is 10.2. The van der Waals surface area contributed by atoms with Gasteiger partial charge in [-0.15, -0.1) is 0 Å². The lowest BCUT2D eigenvalue weighted by molar-refractivity contribution is -0.711. The molecule has 2 rings (SSSR count). The number of furan rings is 1. The Morgan fingerprint density at radius 3 is 2.67 bits per heavy atom. The Balaban J connectivity index is 1.96. The maximum Gasteiger partial charge on any atom is 0.282 e. The molecule has 0 aliphatic carbocycles. The molecule has 1 aromatic carbocycles. The quantitative estimate of drug-likeness (QED) is 0.854. The van der Waals surface area contributed by atoms with Crippen molar-refractivity contribution in [3.8, 4) is 5.75 Å². The highest BCUT2D eigenvalue weighted by molar-refractivity contribution is 5.94. The molecule has 0 spiro atoms. The summed E-state index contributed by atoms with van der Waals surface area (Å²) in [6.45, 7) is 3.87. The molecule has 1 amide bonds. The van der Waals surface area contributed by atoms with Gasteiger partial charge in [-0.2, -0.15) is 0 Å². The van der Waals surface area contributed by atoms with E-state index >= 15 is 0 Å². The van der Waals surface area contributed by atoms with E-state index in [0.717, 1.165) is 5.76 Å². The van der Waals surface area contributed by atoms with Gasteiger partial charge in [0.05, 0.1) is 19.1 Å². The van der Waals surface area contributed by atoms with Crippen molar-refractivity contribution in [1.29, 1.82) is 0 Å². The molecule has 112 valence electrons. The van der Waals surface area contributed by atoms with Crippen LogP contribution in [0.4, 0.5) is 5.69 Å². The van der Waals surface area contributed by atoms with Gasteiger partial charge in [-0.05, 0) is 38.1 Å². The zero-order chi connectivity index (χ0) is 15.2. The van der Waals surface area contributed by atoms with Crippen LogP contribution < -0.4 is 15.4 Å². The van der Waals surface area contributed by atoms with Gasteiger partial charge in [-0.1, -0.05) is 12.1 Å². The Morgan fingerprint density at radius 1 is 1.24 bits per heavy atom. The summed E-state index contributed by atoms with van der Waals surface area (Å²) in [5.41, 5.74) is 0.677. The third-order valence-electron chi connectivity index (χ3n) is 3.35. The molecule has 0 saturated carbocycles. The van der Waals surface area contributed by atoms with Gasteiger partial charge >= 0.3 is 0 Å². The molecule has 0 saturated heterocycles. The highest BCUT2D eigenvalue weighted by Gasteiger charge is 2.22. The summed E-state index contributed by atoms with van der Waals surface area (Å²) in [7, 11) is 1.58. The number of para-hydroxylation sites is 2. The molecule has 5 heteroatoms. The minimum absolute atomic E-state index is 0.0714. The van der Waals surface area contributed by atoms with E-state index in [9.17, 15) is 4.79 Å². The smallest absolute Gasteiger partial charge is 0.282 e. The highest BCUT2D eigenvalue weighted by Crippen LogP contribution is 2.22. The fraction of sp³-hybridized carbons (Fsp3) is 0.312. The third kappa shape index (κ3) is 3.86. The standard InChI is InChI=1S/C16H20N2O3/c1-11(14-9-6-10-21-14)17-12(2)16(19)18-13-7-4-5-8-15(13)20-3/h4-12,17H,1-3H3,(H,18,19)/p+1/t11-,12+/m1/s1. The van der Waals surface area contributed by atoms with Crippen LogP contribution in [-0.2, 0) is 4.79 Å². The molecular formula is C16H21N2O3+. The van der Waals surface area contributed by atoms with E-state index in [1.165, 1.54) is 0 Å². The average molecular weight is 289 g/mol. The average Bonchev–Trinajstić information content (AvgIpc) is 3.02. The van der Waals surface area contributed by atoms with Crippen molar-refractivity contribution in [1.82, 2.24) is 0 Å². The van der Waals surface area contributed by atoms with E-state index in [0.29, 0.717) is 11.4 Å². The minimum Gasteiger partial charge on any atom is -0.495 e. The molecule has 0 aliphatic heterocycles. The van der Waals surface area contributed by atoms with Crippen LogP contribution >= 0.6 is 0 Å². The first kappa shape index (κ1) is 15.1. The molecular weight excluding hydrogens is 268 g/mol. The zero-order valence-electron chi connectivity index (χ0n) is 12.5. The number of carbonyl (C=O) groups is 1. The first-order valence-electron chi connectivity index (χ1n) is 6.94. The lowest BCUT2D eigenvalue weighted by Gasteiger charge is -2.16. The summed E-state index contributed by atoms with van der Waals surface area (Å²) >= 11 is 0. The number of rotatable bonds is 6. The Hall–Kier alpha value is -2.27. The van der Waals surface area contributed by atoms with Crippen LogP contribution in [0.2, 0.25) is 0 Å². The fourth-order valence-electron chi connectivity index (χ4n) is 2.16. The third-order valence-corrected chi connectivity index (χ3v) is 3.35. The number of quaternary nitrogens is 1. The van der Waals surface area contributed by atoms with Gasteiger partial charge in [0, 0.05) is 0 Å². The van der Waals surface area contributed by atoms with Crippen molar-refractivity contribution in [3.05, 3.63) is 48.4 Å². The number of ether oxygens (including phenoxy) is 1. The molecule has 1 aromatic heterocycles. The van der Waals surface area contributed by atoms with Crippen LogP contribution in [0.1, 0.15) is 25.6 Å². The van der Waals surface area contributed by atoms with Crippen molar-refractivity contribution in [2.24, 2.45) is 0 Å². The second kappa shape index (κ2) is 6.95. The predicted octanol–water partition coefficient (Wildman–Crippen LogP) is 1.94. The minimum atomic E-state index is -0.241. The van der Waals surface area contributed by atoms with Gasteiger partial charge in [0.2, 0.25) is 0 Å². The topological polar surface area (TPSA) is 68.1 Å². The first-order valence-corrected chi connectivity index (χ1v) is 6.94. The van der Waals surface area contributed by atoms with Gasteiger partial charge in [0.25, 0.3) is 5.91 Å². The van der Waals surface area contributed by atoms with Gasteiger partial charge in [-0.3, -0.25) is 4.79 Å². The lowest BCUT2D eigenvalue weighted by Crippen LogP contribution is -2.91. The summed E-state index contributed by atoms with van der Waals surface area (Å²) in [6, 6.07) is 11.0. The Labute approximate surface area is 124 Å². The van der Waals surface area contributed by atoms with Crippen LogP contribution in [0.3, 0.4) is 0 Å². The number of anilines is 1. The predicted molar refractivity (Wildman–Crippen MR) is 80.1 cm³/mol. The number of nitrogens with two attached hydrogens (primary N) is 1. The number of methoxy groups -OCH3 is 1. The SMILES string of the molecule is COc1ccccc1NC(=O)[C@H](C)[NH2+][C@H](C)c1ccco1. The van der Waals surface area contributed by atoms with Crippen LogP contribution in [-0.4, -0.2) is 19.1 Å². The maximum absolute atomic E-state index is 12.3. The largest absolute Gasteiger partial charge is 0.495 e. The number of hydrogen-bond donors (Lipinski definition) is 2. The molecule has 2 atom stereocenters. The number of amides is 1. The van der Waals surface area contributed by atoms with Crippen LogP contribution in [0.25, 0.3) is 0 Å². The van der Waals surface area contributed by atoms with E-state index in [2.05, 4.69) is 5.32 Å². The normalized spacial score (nSPS) is 13.5. The molecule has 0 fully saturated rings. The summed E-state index contributed by atoms with van der Waals surface area (Å²) in [6.07, 6.45) is 1.64. The van der Waals surface area contributed by atoms with Crippen molar-refractivity contribution >= 4 is 11.6 Å². The molecule has 1 heterocycles. The summed E-state index contributed by atoms with van der Waals surface area (Å²) in [5.74, 6) is 1.43. The van der Waals surface area contributed by atoms with Crippen molar-refractivity contribution < 1.29 is 19.3 Å². The number of carbonyl (C=O) groups excluding carboxylic acids is 1. The van der Waals surface area contributed by atoms with E-state index in [1.807, 2.05) is 55.6 Å². The Kier molecular flexibility index (Phi) is 5.00. The zero-order valence-corrected chi connectivity index (χ0v) is 12.5. The van der Waals surface area contributed by atoms with Crippen LogP contribution in [0, 0.1) is 0 Å². The van der Waals surface area contributed by atoms with E-state index in [1.54, 1.807) is 13.4 Å². The fourth-order valence-corrected chi connectivity index (χ4v) is 2.16. The first-order chi connectivity index (χ1) is 10.1. The van der Waals surface area contributed by atoms with E-state index in [-0.39, 0.29) is 18.0 Å². The van der Waals surface area contributed by atoms with Crippen LogP contribution in [0.5, 0.6) is 5.75 Å². The monoisotopic (exact) mass is 289 g/mol. The van der Waals surface area contributed by atoms with Crippen molar-refractivity contribution in [2.45, 2.75) is 25.9 Å². The Bertz CT molecular complexity index is 581. The summed E-state index contributed by atoms with van der Waals surface area (Å²) < 4.78 is 10.6.